The molecule has 2 atom stereocenters. The van der Waals surface area contributed by atoms with Crippen molar-refractivity contribution in [3.63, 3.8) is 0 Å². The van der Waals surface area contributed by atoms with E-state index in [9.17, 15) is 19.5 Å². The Labute approximate surface area is 217 Å². The Morgan fingerprint density at radius 3 is 2.32 bits per heavy atom. The van der Waals surface area contributed by atoms with Crippen molar-refractivity contribution in [2.75, 3.05) is 16.8 Å². The topological polar surface area (TPSA) is 90.0 Å². The zero-order valence-electron chi connectivity index (χ0n) is 21.6. The number of carboxylic acids is 1. The standard InChI is InChI=1S/C30H33N3O4/c1-20-11-10-14-22(17-20)31-29(37)33(30(2,3)4)26-18-24(21-12-6-5-7-13-21)23-15-8-9-16-25(23)32(28(26)36)19-27(34)35/h5-17,24,26H,18-19H2,1-4H3,(H,31,37)(H,34,35). The molecule has 1 heterocycles. The Balaban J connectivity index is 1.84. The molecule has 2 N–H and O–H groups in total. The lowest BCUT2D eigenvalue weighted by atomic mass is 9.85. The van der Waals surface area contributed by atoms with Crippen LogP contribution >= 0.6 is 0 Å². The van der Waals surface area contributed by atoms with E-state index in [0.717, 1.165) is 16.7 Å². The van der Waals surface area contributed by atoms with E-state index in [1.54, 1.807) is 23.1 Å². The van der Waals surface area contributed by atoms with E-state index in [2.05, 4.69) is 5.32 Å². The Bertz CT molecular complexity index is 1300. The highest BCUT2D eigenvalue weighted by Gasteiger charge is 2.44. The molecular weight excluding hydrogens is 466 g/mol. The van der Waals surface area contributed by atoms with Crippen LogP contribution in [0.2, 0.25) is 0 Å². The zero-order chi connectivity index (χ0) is 26.7. The summed E-state index contributed by atoms with van der Waals surface area (Å²) in [4.78, 5) is 42.7. The van der Waals surface area contributed by atoms with Crippen molar-refractivity contribution < 1.29 is 19.5 Å². The van der Waals surface area contributed by atoms with E-state index in [1.165, 1.54) is 4.90 Å². The summed E-state index contributed by atoms with van der Waals surface area (Å²) >= 11 is 0. The Hall–Kier alpha value is -4.13. The average Bonchev–Trinajstić information content (AvgIpc) is 2.94. The van der Waals surface area contributed by atoms with E-state index in [1.807, 2.05) is 88.4 Å². The monoisotopic (exact) mass is 499 g/mol. The van der Waals surface area contributed by atoms with Crippen LogP contribution in [0.15, 0.2) is 78.9 Å². The SMILES string of the molecule is Cc1cccc(NC(=O)N(C2CC(c3ccccc3)c3ccccc3N(CC(=O)O)C2=O)C(C)(C)C)c1. The fourth-order valence-corrected chi connectivity index (χ4v) is 5.11. The molecule has 0 saturated heterocycles. The first-order chi connectivity index (χ1) is 17.6. The van der Waals surface area contributed by atoms with Crippen LogP contribution in [0.1, 0.15) is 49.8 Å². The average molecular weight is 500 g/mol. The van der Waals surface area contributed by atoms with Crippen LogP contribution in [0.5, 0.6) is 0 Å². The highest BCUT2D eigenvalue weighted by Crippen LogP contribution is 2.41. The molecule has 0 spiro atoms. The van der Waals surface area contributed by atoms with E-state index in [-0.39, 0.29) is 5.92 Å². The minimum Gasteiger partial charge on any atom is -0.480 e. The highest BCUT2D eigenvalue weighted by atomic mass is 16.4. The van der Waals surface area contributed by atoms with Crippen molar-refractivity contribution in [1.82, 2.24) is 4.90 Å². The summed E-state index contributed by atoms with van der Waals surface area (Å²) in [5.41, 5.74) is 3.31. The van der Waals surface area contributed by atoms with Crippen molar-refractivity contribution in [1.29, 1.82) is 0 Å². The number of carbonyl (C=O) groups is 3. The Morgan fingerprint density at radius 1 is 1.00 bits per heavy atom. The van der Waals surface area contributed by atoms with Crippen LogP contribution in [-0.4, -0.2) is 46.0 Å². The predicted molar refractivity (Wildman–Crippen MR) is 145 cm³/mol. The summed E-state index contributed by atoms with van der Waals surface area (Å²) in [6, 6.07) is 23.4. The molecule has 0 saturated carbocycles. The molecule has 7 nitrogen and oxygen atoms in total. The lowest BCUT2D eigenvalue weighted by Crippen LogP contribution is -2.59. The number of rotatable bonds is 5. The van der Waals surface area contributed by atoms with Gasteiger partial charge >= 0.3 is 12.0 Å². The Morgan fingerprint density at radius 2 is 1.68 bits per heavy atom. The van der Waals surface area contributed by atoms with Gasteiger partial charge < -0.3 is 15.3 Å². The third-order valence-electron chi connectivity index (χ3n) is 6.63. The molecule has 3 aromatic carbocycles. The van der Waals surface area contributed by atoms with Gasteiger partial charge in [0.25, 0.3) is 0 Å². The molecule has 7 heteroatoms. The van der Waals surface area contributed by atoms with Crippen LogP contribution in [0.4, 0.5) is 16.2 Å². The first kappa shape index (κ1) is 25.9. The number of anilines is 2. The maximum Gasteiger partial charge on any atom is 0.323 e. The third-order valence-corrected chi connectivity index (χ3v) is 6.63. The molecule has 192 valence electrons. The van der Waals surface area contributed by atoms with Gasteiger partial charge in [0.1, 0.15) is 12.6 Å². The molecule has 0 aliphatic carbocycles. The summed E-state index contributed by atoms with van der Waals surface area (Å²) in [5, 5.41) is 12.7. The van der Waals surface area contributed by atoms with Gasteiger partial charge in [-0.3, -0.25) is 14.5 Å². The van der Waals surface area contributed by atoms with Crippen molar-refractivity contribution in [3.05, 3.63) is 95.6 Å². The van der Waals surface area contributed by atoms with Gasteiger partial charge in [-0.15, -0.1) is 0 Å². The smallest absolute Gasteiger partial charge is 0.323 e. The number of nitrogens with one attached hydrogen (secondary N) is 1. The first-order valence-corrected chi connectivity index (χ1v) is 12.4. The van der Waals surface area contributed by atoms with Gasteiger partial charge in [-0.1, -0.05) is 60.7 Å². The first-order valence-electron chi connectivity index (χ1n) is 12.4. The summed E-state index contributed by atoms with van der Waals surface area (Å²) in [5.74, 6) is -1.75. The number of amides is 3. The van der Waals surface area contributed by atoms with Crippen molar-refractivity contribution in [2.45, 2.75) is 51.6 Å². The summed E-state index contributed by atoms with van der Waals surface area (Å²) < 4.78 is 0. The molecule has 1 aliphatic heterocycles. The van der Waals surface area contributed by atoms with Crippen LogP contribution < -0.4 is 10.2 Å². The molecule has 37 heavy (non-hydrogen) atoms. The van der Waals surface area contributed by atoms with Crippen molar-refractivity contribution >= 4 is 29.3 Å². The van der Waals surface area contributed by atoms with Crippen LogP contribution in [0, 0.1) is 6.92 Å². The Kier molecular flexibility index (Phi) is 7.34. The maximum atomic E-state index is 14.2. The molecule has 0 radical (unpaired) electrons. The number of carboxylic acid groups (broad SMARTS) is 1. The maximum absolute atomic E-state index is 14.2. The normalized spacial score (nSPS) is 17.5. The predicted octanol–water partition coefficient (Wildman–Crippen LogP) is 5.65. The van der Waals surface area contributed by atoms with Crippen molar-refractivity contribution in [3.8, 4) is 0 Å². The summed E-state index contributed by atoms with van der Waals surface area (Å²) in [6.45, 7) is 7.09. The fourth-order valence-electron chi connectivity index (χ4n) is 5.11. The number of aryl methyl sites for hydroxylation is 1. The number of benzene rings is 3. The number of nitrogens with zero attached hydrogens (tertiary/aromatic N) is 2. The molecule has 0 fully saturated rings. The quantitative estimate of drug-likeness (QED) is 0.475. The molecule has 0 aromatic heterocycles. The number of hydrogen-bond donors (Lipinski definition) is 2. The third kappa shape index (κ3) is 5.66. The van der Waals surface area contributed by atoms with Gasteiger partial charge in [-0.25, -0.2) is 4.79 Å². The molecule has 4 rings (SSSR count). The molecule has 1 aliphatic rings. The summed E-state index contributed by atoms with van der Waals surface area (Å²) in [6.07, 6.45) is 0.314. The van der Waals surface area contributed by atoms with E-state index < -0.39 is 36.0 Å². The van der Waals surface area contributed by atoms with Crippen molar-refractivity contribution in [2.24, 2.45) is 0 Å². The minimum atomic E-state index is -1.12. The van der Waals surface area contributed by atoms with Crippen LogP contribution in [0.25, 0.3) is 0 Å². The van der Waals surface area contributed by atoms with Gasteiger partial charge in [0, 0.05) is 22.8 Å². The lowest BCUT2D eigenvalue weighted by Gasteiger charge is -2.42. The lowest BCUT2D eigenvalue weighted by molar-refractivity contribution is -0.137. The van der Waals surface area contributed by atoms with Crippen LogP contribution in [0.3, 0.4) is 0 Å². The van der Waals surface area contributed by atoms with E-state index >= 15 is 0 Å². The number of aliphatic carboxylic acids is 1. The molecule has 2 unspecified atom stereocenters. The van der Waals surface area contributed by atoms with Gasteiger partial charge in [0.2, 0.25) is 5.91 Å². The second kappa shape index (κ2) is 10.5. The molecular formula is C30H33N3O4. The van der Waals surface area contributed by atoms with Gasteiger partial charge in [0.05, 0.1) is 0 Å². The largest absolute Gasteiger partial charge is 0.480 e. The molecule has 0 bridgehead atoms. The highest BCUT2D eigenvalue weighted by molar-refractivity contribution is 6.04. The van der Waals surface area contributed by atoms with Gasteiger partial charge in [0.15, 0.2) is 0 Å². The fraction of sp³-hybridized carbons (Fsp3) is 0.300. The zero-order valence-corrected chi connectivity index (χ0v) is 21.6. The number of para-hydroxylation sites is 1. The van der Waals surface area contributed by atoms with E-state index in [4.69, 9.17) is 0 Å². The second-order valence-electron chi connectivity index (χ2n) is 10.4. The van der Waals surface area contributed by atoms with E-state index in [0.29, 0.717) is 17.8 Å². The number of fused-ring (bicyclic) bond motifs is 1. The summed E-state index contributed by atoms with van der Waals surface area (Å²) in [7, 11) is 0. The molecule has 3 aromatic rings. The minimum absolute atomic E-state index is 0.221. The number of carbonyl (C=O) groups excluding carboxylic acids is 2. The van der Waals surface area contributed by atoms with Gasteiger partial charge in [-0.2, -0.15) is 0 Å². The van der Waals surface area contributed by atoms with Crippen LogP contribution in [-0.2, 0) is 9.59 Å². The second-order valence-corrected chi connectivity index (χ2v) is 10.4. The van der Waals surface area contributed by atoms with Gasteiger partial charge in [-0.05, 0) is 69.0 Å². The molecule has 3 amide bonds. The number of hydrogen-bond acceptors (Lipinski definition) is 3. The number of urea groups is 1.